The fourth-order valence-corrected chi connectivity index (χ4v) is 3.86. The van der Waals surface area contributed by atoms with Gasteiger partial charge in [0.2, 0.25) is 5.91 Å². The van der Waals surface area contributed by atoms with Crippen molar-refractivity contribution in [1.29, 1.82) is 0 Å². The molecule has 2 atom stereocenters. The summed E-state index contributed by atoms with van der Waals surface area (Å²) < 4.78 is 7.88. The van der Waals surface area contributed by atoms with E-state index in [-0.39, 0.29) is 11.8 Å². The summed E-state index contributed by atoms with van der Waals surface area (Å²) in [6.07, 6.45) is 8.39. The molecule has 1 fully saturated rings. The number of aromatic nitrogens is 2. The van der Waals surface area contributed by atoms with Gasteiger partial charge in [-0.15, -0.1) is 0 Å². The van der Waals surface area contributed by atoms with Crippen LogP contribution < -0.4 is 4.74 Å². The highest BCUT2D eigenvalue weighted by molar-refractivity contribution is 6.30. The maximum absolute atomic E-state index is 13.0. The molecule has 0 N–H and O–H groups in total. The van der Waals surface area contributed by atoms with Gasteiger partial charge in [0.25, 0.3) is 0 Å². The zero-order valence-electron chi connectivity index (χ0n) is 13.4. The molecule has 126 valence electrons. The zero-order valence-corrected chi connectivity index (χ0v) is 14.2. The minimum Gasteiger partial charge on any atom is -0.492 e. The third-order valence-corrected chi connectivity index (χ3v) is 5.17. The first-order valence-electron chi connectivity index (χ1n) is 8.38. The van der Waals surface area contributed by atoms with Gasteiger partial charge in [-0.05, 0) is 43.0 Å². The fraction of sp³-hybridized carbons (Fsp3) is 0.444. The molecular weight excluding hydrogens is 326 g/mol. The number of rotatable bonds is 2. The van der Waals surface area contributed by atoms with Crippen molar-refractivity contribution in [1.82, 2.24) is 14.5 Å². The normalized spacial score (nSPS) is 23.5. The lowest BCUT2D eigenvalue weighted by molar-refractivity contribution is -0.138. The van der Waals surface area contributed by atoms with Crippen LogP contribution in [0.4, 0.5) is 0 Å². The Balaban J connectivity index is 1.46. The van der Waals surface area contributed by atoms with Gasteiger partial charge in [-0.2, -0.15) is 0 Å². The van der Waals surface area contributed by atoms with Gasteiger partial charge in [0.05, 0.1) is 18.3 Å². The predicted molar refractivity (Wildman–Crippen MR) is 91.2 cm³/mol. The Morgan fingerprint density at radius 2 is 2.29 bits per heavy atom. The largest absolute Gasteiger partial charge is 0.492 e. The molecule has 0 spiro atoms. The molecule has 2 unspecified atom stereocenters. The first kappa shape index (κ1) is 15.5. The highest BCUT2D eigenvalue weighted by Crippen LogP contribution is 2.31. The summed E-state index contributed by atoms with van der Waals surface area (Å²) >= 11 is 6.07. The van der Waals surface area contributed by atoms with Crippen molar-refractivity contribution in [3.63, 3.8) is 0 Å². The van der Waals surface area contributed by atoms with Gasteiger partial charge < -0.3 is 14.2 Å². The Morgan fingerprint density at radius 1 is 1.38 bits per heavy atom. The highest BCUT2D eigenvalue weighted by Gasteiger charge is 2.32. The Hall–Kier alpha value is -2.01. The van der Waals surface area contributed by atoms with Crippen molar-refractivity contribution in [2.24, 2.45) is 5.92 Å². The number of hydrogen-bond acceptors (Lipinski definition) is 3. The zero-order chi connectivity index (χ0) is 16.5. The van der Waals surface area contributed by atoms with Crippen LogP contribution in [0.15, 0.2) is 36.9 Å². The van der Waals surface area contributed by atoms with Crippen LogP contribution >= 0.6 is 11.6 Å². The standard InChI is InChI=1S/C18H20ClN3O2/c19-15-3-4-17-13(9-15)8-14(11-24-17)18(23)21-6-1-2-16(10-21)22-7-5-20-12-22/h3-5,7,9,12,14,16H,1-2,6,8,10-11H2. The number of imidazole rings is 1. The van der Waals surface area contributed by atoms with Crippen molar-refractivity contribution in [3.05, 3.63) is 47.5 Å². The van der Waals surface area contributed by atoms with Gasteiger partial charge in [0, 0.05) is 30.5 Å². The Bertz CT molecular complexity index is 732. The highest BCUT2D eigenvalue weighted by atomic mass is 35.5. The number of ether oxygens (including phenoxy) is 1. The number of fused-ring (bicyclic) bond motifs is 1. The van der Waals surface area contributed by atoms with Crippen LogP contribution in [-0.4, -0.2) is 40.1 Å². The molecule has 2 aromatic rings. The number of likely N-dealkylation sites (tertiary alicyclic amines) is 1. The van der Waals surface area contributed by atoms with Crippen LogP contribution in [0.1, 0.15) is 24.4 Å². The van der Waals surface area contributed by atoms with Crippen LogP contribution in [0.2, 0.25) is 5.02 Å². The molecule has 5 nitrogen and oxygen atoms in total. The number of benzene rings is 1. The lowest BCUT2D eigenvalue weighted by Gasteiger charge is -2.36. The van der Waals surface area contributed by atoms with Crippen LogP contribution in [0.25, 0.3) is 0 Å². The summed E-state index contributed by atoms with van der Waals surface area (Å²) in [6, 6.07) is 5.93. The minimum atomic E-state index is -0.127. The van der Waals surface area contributed by atoms with E-state index in [1.165, 1.54) is 0 Å². The summed E-state index contributed by atoms with van der Waals surface area (Å²) in [5.41, 5.74) is 1.02. The van der Waals surface area contributed by atoms with Gasteiger partial charge in [0.1, 0.15) is 12.4 Å². The fourth-order valence-electron chi connectivity index (χ4n) is 3.66. The van der Waals surface area contributed by atoms with E-state index in [2.05, 4.69) is 9.55 Å². The molecule has 0 bridgehead atoms. The van der Waals surface area contributed by atoms with Crippen molar-refractivity contribution in [2.75, 3.05) is 19.7 Å². The van der Waals surface area contributed by atoms with Crippen molar-refractivity contribution in [3.8, 4) is 5.75 Å². The third kappa shape index (κ3) is 3.00. The summed E-state index contributed by atoms with van der Waals surface area (Å²) in [5.74, 6) is 0.904. The van der Waals surface area contributed by atoms with Crippen molar-refractivity contribution < 1.29 is 9.53 Å². The summed E-state index contributed by atoms with van der Waals surface area (Å²) in [6.45, 7) is 2.01. The Labute approximate surface area is 146 Å². The van der Waals surface area contributed by atoms with Crippen LogP contribution in [0, 0.1) is 5.92 Å². The second-order valence-corrected chi connectivity index (χ2v) is 6.99. The maximum Gasteiger partial charge on any atom is 0.229 e. The van der Waals surface area contributed by atoms with E-state index < -0.39 is 0 Å². The first-order chi connectivity index (χ1) is 11.7. The van der Waals surface area contributed by atoms with E-state index in [0.717, 1.165) is 37.2 Å². The van der Waals surface area contributed by atoms with E-state index in [1.54, 1.807) is 6.20 Å². The average Bonchev–Trinajstić information content (AvgIpc) is 3.15. The third-order valence-electron chi connectivity index (χ3n) is 4.93. The smallest absolute Gasteiger partial charge is 0.229 e. The van der Waals surface area contributed by atoms with Gasteiger partial charge in [-0.25, -0.2) is 4.98 Å². The second kappa shape index (κ2) is 6.48. The molecule has 24 heavy (non-hydrogen) atoms. The van der Waals surface area contributed by atoms with E-state index in [9.17, 15) is 4.79 Å². The van der Waals surface area contributed by atoms with Crippen LogP contribution in [0.5, 0.6) is 5.75 Å². The first-order valence-corrected chi connectivity index (χ1v) is 8.76. The van der Waals surface area contributed by atoms with Crippen molar-refractivity contribution in [2.45, 2.75) is 25.3 Å². The number of piperidine rings is 1. The molecule has 1 amide bonds. The van der Waals surface area contributed by atoms with Gasteiger partial charge in [0.15, 0.2) is 0 Å². The van der Waals surface area contributed by atoms with Gasteiger partial charge in [-0.1, -0.05) is 11.6 Å². The molecule has 2 aliphatic heterocycles. The molecule has 2 aliphatic rings. The lowest BCUT2D eigenvalue weighted by atomic mass is 9.94. The Morgan fingerprint density at radius 3 is 3.12 bits per heavy atom. The lowest BCUT2D eigenvalue weighted by Crippen LogP contribution is -2.46. The maximum atomic E-state index is 13.0. The number of amides is 1. The molecule has 4 rings (SSSR count). The molecule has 6 heteroatoms. The average molecular weight is 346 g/mol. The Kier molecular flexibility index (Phi) is 4.19. The molecule has 0 aliphatic carbocycles. The monoisotopic (exact) mass is 345 g/mol. The number of hydrogen-bond donors (Lipinski definition) is 0. The topological polar surface area (TPSA) is 47.4 Å². The molecule has 1 aromatic carbocycles. The SMILES string of the molecule is O=C(C1COc2ccc(Cl)cc2C1)N1CCCC(n2ccnc2)C1. The summed E-state index contributed by atoms with van der Waals surface area (Å²) in [4.78, 5) is 19.1. The molecule has 0 radical (unpaired) electrons. The quantitative estimate of drug-likeness (QED) is 0.840. The second-order valence-electron chi connectivity index (χ2n) is 6.55. The van der Waals surface area contributed by atoms with Crippen LogP contribution in [0.3, 0.4) is 0 Å². The molecule has 0 saturated carbocycles. The minimum absolute atomic E-state index is 0.127. The molecule has 1 saturated heterocycles. The van der Waals surface area contributed by atoms with Crippen LogP contribution in [-0.2, 0) is 11.2 Å². The van der Waals surface area contributed by atoms with Gasteiger partial charge in [-0.3, -0.25) is 4.79 Å². The van der Waals surface area contributed by atoms with E-state index in [4.69, 9.17) is 16.3 Å². The van der Waals surface area contributed by atoms with E-state index in [0.29, 0.717) is 24.1 Å². The summed E-state index contributed by atoms with van der Waals surface area (Å²) in [7, 11) is 0. The molecule has 1 aromatic heterocycles. The van der Waals surface area contributed by atoms with E-state index in [1.807, 2.05) is 35.6 Å². The van der Waals surface area contributed by atoms with Crippen molar-refractivity contribution >= 4 is 17.5 Å². The predicted octanol–water partition coefficient (Wildman–Crippen LogP) is 2.95. The molecular formula is C18H20ClN3O2. The molecule has 3 heterocycles. The van der Waals surface area contributed by atoms with Gasteiger partial charge >= 0.3 is 0 Å². The summed E-state index contributed by atoms with van der Waals surface area (Å²) in [5, 5.41) is 0.684. The number of carbonyl (C=O) groups is 1. The number of halogens is 1. The number of carbonyl (C=O) groups excluding carboxylic acids is 1. The number of nitrogens with zero attached hydrogens (tertiary/aromatic N) is 3. The van der Waals surface area contributed by atoms with E-state index >= 15 is 0 Å².